The van der Waals surface area contributed by atoms with Crippen LogP contribution in [0.15, 0.2) is 42.5 Å². The molecule has 22 heavy (non-hydrogen) atoms. The Bertz CT molecular complexity index is 715. The number of ether oxygens (including phenoxy) is 3. The largest absolute Gasteiger partial charge is 0.496 e. The van der Waals surface area contributed by atoms with Gasteiger partial charge in [-0.25, -0.2) is 0 Å². The summed E-state index contributed by atoms with van der Waals surface area (Å²) in [5, 5.41) is 9.50. The molecular weight excluding hydrogens is 278 g/mol. The minimum absolute atomic E-state index is 0.490. The molecule has 0 heterocycles. The summed E-state index contributed by atoms with van der Waals surface area (Å²) >= 11 is 0. The Hall–Kier alpha value is -2.93. The van der Waals surface area contributed by atoms with E-state index in [1.54, 1.807) is 33.5 Å². The van der Waals surface area contributed by atoms with Crippen LogP contribution in [0.5, 0.6) is 17.2 Å². The molecule has 2 aromatic rings. The number of hydrogen-bond acceptors (Lipinski definition) is 4. The molecule has 0 spiro atoms. The summed E-state index contributed by atoms with van der Waals surface area (Å²) in [7, 11) is 4.67. The minimum Gasteiger partial charge on any atom is -0.496 e. The fourth-order valence-electron chi connectivity index (χ4n) is 2.13. The molecule has 0 aromatic heterocycles. The lowest BCUT2D eigenvalue weighted by molar-refractivity contribution is 0.348. The molecule has 0 saturated heterocycles. The second kappa shape index (κ2) is 7.19. The van der Waals surface area contributed by atoms with E-state index >= 15 is 0 Å². The van der Waals surface area contributed by atoms with Crippen LogP contribution in [0.1, 0.15) is 11.1 Å². The van der Waals surface area contributed by atoms with Crippen LogP contribution in [-0.4, -0.2) is 21.3 Å². The van der Waals surface area contributed by atoms with Gasteiger partial charge in [0, 0.05) is 11.6 Å². The Morgan fingerprint density at radius 3 is 2.05 bits per heavy atom. The SMILES string of the molecule is COc1cc(OC)c(C(C#N)=Cc2ccccc2)cc1OC. The van der Waals surface area contributed by atoms with E-state index in [0.29, 0.717) is 28.4 Å². The highest BCUT2D eigenvalue weighted by Gasteiger charge is 2.15. The van der Waals surface area contributed by atoms with Crippen molar-refractivity contribution >= 4 is 11.6 Å². The third-order valence-corrected chi connectivity index (χ3v) is 3.23. The molecule has 0 aliphatic carbocycles. The Morgan fingerprint density at radius 1 is 0.909 bits per heavy atom. The summed E-state index contributed by atoms with van der Waals surface area (Å²) in [5.41, 5.74) is 2.09. The van der Waals surface area contributed by atoms with Crippen molar-refractivity contribution in [2.24, 2.45) is 0 Å². The quantitative estimate of drug-likeness (QED) is 0.622. The minimum atomic E-state index is 0.490. The molecule has 0 radical (unpaired) electrons. The van der Waals surface area contributed by atoms with Gasteiger partial charge in [0.2, 0.25) is 0 Å². The molecule has 4 heteroatoms. The first-order valence-corrected chi connectivity index (χ1v) is 6.70. The number of nitrogens with zero attached hydrogens (tertiary/aromatic N) is 1. The Morgan fingerprint density at radius 2 is 1.50 bits per heavy atom. The summed E-state index contributed by atoms with van der Waals surface area (Å²) in [4.78, 5) is 0. The second-order valence-electron chi connectivity index (χ2n) is 4.49. The predicted molar refractivity (Wildman–Crippen MR) is 86.0 cm³/mol. The molecule has 0 atom stereocenters. The van der Waals surface area contributed by atoms with Crippen molar-refractivity contribution in [3.63, 3.8) is 0 Å². The molecule has 2 rings (SSSR count). The number of allylic oxidation sites excluding steroid dienone is 1. The number of nitriles is 1. The fourth-order valence-corrected chi connectivity index (χ4v) is 2.13. The highest BCUT2D eigenvalue weighted by Crippen LogP contribution is 2.38. The number of rotatable bonds is 5. The van der Waals surface area contributed by atoms with E-state index in [0.717, 1.165) is 5.56 Å². The van der Waals surface area contributed by atoms with Gasteiger partial charge in [0.1, 0.15) is 5.75 Å². The Kier molecular flexibility index (Phi) is 5.05. The number of hydrogen-bond donors (Lipinski definition) is 0. The van der Waals surface area contributed by atoms with Crippen molar-refractivity contribution in [2.45, 2.75) is 0 Å². The second-order valence-corrected chi connectivity index (χ2v) is 4.49. The van der Waals surface area contributed by atoms with E-state index in [2.05, 4.69) is 6.07 Å². The monoisotopic (exact) mass is 295 g/mol. The summed E-state index contributed by atoms with van der Waals surface area (Å²) in [6, 6.07) is 15.3. The van der Waals surface area contributed by atoms with E-state index in [4.69, 9.17) is 14.2 Å². The van der Waals surface area contributed by atoms with Crippen LogP contribution < -0.4 is 14.2 Å². The molecule has 0 aliphatic rings. The lowest BCUT2D eigenvalue weighted by atomic mass is 10.0. The van der Waals surface area contributed by atoms with Gasteiger partial charge in [0.05, 0.1) is 33.0 Å². The van der Waals surface area contributed by atoms with Crippen LogP contribution in [0, 0.1) is 11.3 Å². The van der Waals surface area contributed by atoms with Gasteiger partial charge in [-0.15, -0.1) is 0 Å². The van der Waals surface area contributed by atoms with Gasteiger partial charge in [-0.05, 0) is 17.7 Å². The topological polar surface area (TPSA) is 51.5 Å². The van der Waals surface area contributed by atoms with Crippen LogP contribution in [0.2, 0.25) is 0 Å². The van der Waals surface area contributed by atoms with Gasteiger partial charge in [-0.2, -0.15) is 5.26 Å². The number of benzene rings is 2. The average molecular weight is 295 g/mol. The molecule has 0 aliphatic heterocycles. The van der Waals surface area contributed by atoms with Gasteiger partial charge in [0.15, 0.2) is 11.5 Å². The summed E-state index contributed by atoms with van der Waals surface area (Å²) in [5.74, 6) is 1.66. The van der Waals surface area contributed by atoms with Crippen LogP contribution >= 0.6 is 0 Å². The van der Waals surface area contributed by atoms with Crippen molar-refractivity contribution in [1.82, 2.24) is 0 Å². The molecule has 0 amide bonds. The normalized spacial score (nSPS) is 10.7. The van der Waals surface area contributed by atoms with Crippen molar-refractivity contribution in [1.29, 1.82) is 5.26 Å². The van der Waals surface area contributed by atoms with Crippen LogP contribution in [0.4, 0.5) is 0 Å². The molecular formula is C18H17NO3. The first kappa shape index (κ1) is 15.5. The zero-order valence-electron chi connectivity index (χ0n) is 12.8. The van der Waals surface area contributed by atoms with Crippen LogP contribution in [-0.2, 0) is 0 Å². The lowest BCUT2D eigenvalue weighted by Gasteiger charge is -2.13. The van der Waals surface area contributed by atoms with Crippen molar-refractivity contribution < 1.29 is 14.2 Å². The van der Waals surface area contributed by atoms with Crippen molar-refractivity contribution in [2.75, 3.05) is 21.3 Å². The maximum absolute atomic E-state index is 9.50. The van der Waals surface area contributed by atoms with E-state index in [1.807, 2.05) is 36.4 Å². The molecule has 0 bridgehead atoms. The molecule has 2 aromatic carbocycles. The van der Waals surface area contributed by atoms with Gasteiger partial charge >= 0.3 is 0 Å². The standard InChI is InChI=1S/C18H17NO3/c1-20-16-11-18(22-3)17(21-2)10-15(16)14(12-19)9-13-7-5-4-6-8-13/h4-11H,1-3H3. The summed E-state index contributed by atoms with van der Waals surface area (Å²) < 4.78 is 15.9. The first-order chi connectivity index (χ1) is 10.7. The van der Waals surface area contributed by atoms with E-state index in [1.165, 1.54) is 0 Å². The molecule has 0 saturated carbocycles. The van der Waals surface area contributed by atoms with Crippen molar-refractivity contribution in [3.8, 4) is 23.3 Å². The number of methoxy groups -OCH3 is 3. The fraction of sp³-hybridized carbons (Fsp3) is 0.167. The van der Waals surface area contributed by atoms with Gasteiger partial charge in [0.25, 0.3) is 0 Å². The predicted octanol–water partition coefficient (Wildman–Crippen LogP) is 3.78. The highest BCUT2D eigenvalue weighted by atomic mass is 16.5. The molecule has 112 valence electrons. The maximum Gasteiger partial charge on any atom is 0.164 e. The zero-order valence-corrected chi connectivity index (χ0v) is 12.8. The lowest BCUT2D eigenvalue weighted by Crippen LogP contribution is -1.96. The smallest absolute Gasteiger partial charge is 0.164 e. The third-order valence-electron chi connectivity index (χ3n) is 3.23. The Labute approximate surface area is 130 Å². The summed E-state index contributed by atoms with van der Waals surface area (Å²) in [6.45, 7) is 0. The van der Waals surface area contributed by atoms with Crippen molar-refractivity contribution in [3.05, 3.63) is 53.6 Å². The van der Waals surface area contributed by atoms with E-state index < -0.39 is 0 Å². The molecule has 0 N–H and O–H groups in total. The van der Waals surface area contributed by atoms with Crippen LogP contribution in [0.25, 0.3) is 11.6 Å². The summed E-state index contributed by atoms with van der Waals surface area (Å²) in [6.07, 6.45) is 1.81. The average Bonchev–Trinajstić information content (AvgIpc) is 2.59. The van der Waals surface area contributed by atoms with E-state index in [-0.39, 0.29) is 0 Å². The van der Waals surface area contributed by atoms with Gasteiger partial charge in [-0.1, -0.05) is 30.3 Å². The maximum atomic E-state index is 9.50. The first-order valence-electron chi connectivity index (χ1n) is 6.70. The molecule has 0 unspecified atom stereocenters. The molecule has 4 nitrogen and oxygen atoms in total. The highest BCUT2D eigenvalue weighted by molar-refractivity contribution is 5.92. The van der Waals surface area contributed by atoms with Gasteiger partial charge in [-0.3, -0.25) is 0 Å². The zero-order chi connectivity index (χ0) is 15.9. The van der Waals surface area contributed by atoms with E-state index in [9.17, 15) is 5.26 Å². The van der Waals surface area contributed by atoms with Gasteiger partial charge < -0.3 is 14.2 Å². The third kappa shape index (κ3) is 3.21. The molecule has 0 fully saturated rings. The van der Waals surface area contributed by atoms with Crippen LogP contribution in [0.3, 0.4) is 0 Å². The Balaban J connectivity index is 2.58.